The Balaban J connectivity index is 1.62. The average Bonchev–Trinajstić information content (AvgIpc) is 2.97. The molecule has 1 aromatic heterocycles. The first-order chi connectivity index (χ1) is 19.7. The van der Waals surface area contributed by atoms with E-state index in [2.05, 4.69) is 71.8 Å². The van der Waals surface area contributed by atoms with Crippen LogP contribution in [0.25, 0.3) is 5.57 Å². The third-order valence-corrected chi connectivity index (χ3v) is 7.02. The van der Waals surface area contributed by atoms with Gasteiger partial charge in [0.25, 0.3) is 5.91 Å². The van der Waals surface area contributed by atoms with Crippen molar-refractivity contribution in [1.82, 2.24) is 20.6 Å². The van der Waals surface area contributed by atoms with Gasteiger partial charge in [0, 0.05) is 66.7 Å². The van der Waals surface area contributed by atoms with Gasteiger partial charge in [-0.05, 0) is 80.1 Å². The monoisotopic (exact) mass is 557 g/mol. The van der Waals surface area contributed by atoms with Gasteiger partial charge in [-0.25, -0.2) is 9.97 Å². The predicted octanol–water partition coefficient (Wildman–Crippen LogP) is 5.15. The first-order valence-electron chi connectivity index (χ1n) is 14.1. The Morgan fingerprint density at radius 3 is 2.51 bits per heavy atom. The van der Waals surface area contributed by atoms with Gasteiger partial charge in [0.15, 0.2) is 0 Å². The van der Waals surface area contributed by atoms with Gasteiger partial charge in [-0.1, -0.05) is 26.5 Å². The van der Waals surface area contributed by atoms with Crippen LogP contribution in [0, 0.1) is 19.3 Å². The van der Waals surface area contributed by atoms with Crippen LogP contribution in [0.3, 0.4) is 0 Å². The molecule has 0 aliphatic carbocycles. The highest BCUT2D eigenvalue weighted by Crippen LogP contribution is 2.23. The van der Waals surface area contributed by atoms with Crippen molar-refractivity contribution in [2.24, 2.45) is 0 Å². The summed E-state index contributed by atoms with van der Waals surface area (Å²) in [7, 11) is 1.79. The SMILES string of the molecule is C=C(C=N)c1cc(C(=O)NCCC(NCc2cnc(Nc3cc(C)cc(C)c3)nc2CC)C(O)CC)ccc1NC. The zero-order valence-corrected chi connectivity index (χ0v) is 24.8. The molecule has 9 heteroatoms. The summed E-state index contributed by atoms with van der Waals surface area (Å²) in [6, 6.07) is 11.3. The topological polar surface area (TPSA) is 135 Å². The minimum Gasteiger partial charge on any atom is -0.392 e. The molecular formula is C32H43N7O2. The Bertz CT molecular complexity index is 1350. The molecule has 1 heterocycles. The maximum absolute atomic E-state index is 12.9. The van der Waals surface area contributed by atoms with Crippen LogP contribution >= 0.6 is 0 Å². The number of allylic oxidation sites excluding steroid dienone is 1. The molecule has 2 unspecified atom stereocenters. The number of carbonyl (C=O) groups is 1. The van der Waals surface area contributed by atoms with Crippen LogP contribution in [0.5, 0.6) is 0 Å². The third kappa shape index (κ3) is 8.70. The highest BCUT2D eigenvalue weighted by atomic mass is 16.3. The lowest BCUT2D eigenvalue weighted by Gasteiger charge is -2.24. The lowest BCUT2D eigenvalue weighted by atomic mass is 10.0. The molecule has 3 rings (SSSR count). The summed E-state index contributed by atoms with van der Waals surface area (Å²) in [6.45, 7) is 12.9. The zero-order valence-electron chi connectivity index (χ0n) is 24.8. The summed E-state index contributed by atoms with van der Waals surface area (Å²) in [4.78, 5) is 22.1. The second-order valence-corrected chi connectivity index (χ2v) is 10.2. The van der Waals surface area contributed by atoms with Crippen LogP contribution in [0.1, 0.15) is 65.0 Å². The fourth-order valence-corrected chi connectivity index (χ4v) is 4.78. The van der Waals surface area contributed by atoms with E-state index < -0.39 is 6.10 Å². The van der Waals surface area contributed by atoms with Crippen molar-refractivity contribution in [2.75, 3.05) is 24.2 Å². The molecular weight excluding hydrogens is 514 g/mol. The van der Waals surface area contributed by atoms with E-state index in [4.69, 9.17) is 10.4 Å². The van der Waals surface area contributed by atoms with Crippen molar-refractivity contribution in [3.05, 3.63) is 82.7 Å². The lowest BCUT2D eigenvalue weighted by molar-refractivity contribution is 0.0934. The lowest BCUT2D eigenvalue weighted by Crippen LogP contribution is -2.42. The molecule has 41 heavy (non-hydrogen) atoms. The van der Waals surface area contributed by atoms with Crippen LogP contribution in [-0.4, -0.2) is 52.9 Å². The number of carbonyl (C=O) groups excluding carboxylic acids is 1. The number of anilines is 3. The van der Waals surface area contributed by atoms with Gasteiger partial charge in [0.05, 0.1) is 11.8 Å². The first-order valence-corrected chi connectivity index (χ1v) is 14.1. The van der Waals surface area contributed by atoms with Crippen LogP contribution in [-0.2, 0) is 13.0 Å². The van der Waals surface area contributed by atoms with Crippen molar-refractivity contribution in [1.29, 1.82) is 5.41 Å². The van der Waals surface area contributed by atoms with Crippen molar-refractivity contribution in [3.63, 3.8) is 0 Å². The molecule has 2 atom stereocenters. The van der Waals surface area contributed by atoms with Gasteiger partial charge < -0.3 is 31.8 Å². The molecule has 0 radical (unpaired) electrons. The number of benzene rings is 2. The first kappa shape index (κ1) is 31.4. The summed E-state index contributed by atoms with van der Waals surface area (Å²) < 4.78 is 0. The Morgan fingerprint density at radius 1 is 1.15 bits per heavy atom. The summed E-state index contributed by atoms with van der Waals surface area (Å²) in [5.74, 6) is 0.337. The molecule has 1 amide bonds. The van der Waals surface area contributed by atoms with Crippen LogP contribution in [0.4, 0.5) is 17.3 Å². The van der Waals surface area contributed by atoms with Gasteiger partial charge >= 0.3 is 0 Å². The zero-order chi connectivity index (χ0) is 29.9. The largest absolute Gasteiger partial charge is 0.392 e. The third-order valence-electron chi connectivity index (χ3n) is 7.02. The molecule has 218 valence electrons. The minimum absolute atomic E-state index is 0.218. The molecule has 3 aromatic rings. The number of amides is 1. The number of aliphatic hydroxyl groups is 1. The normalized spacial score (nSPS) is 12.3. The number of hydrogen-bond donors (Lipinski definition) is 6. The molecule has 2 aromatic carbocycles. The molecule has 9 nitrogen and oxygen atoms in total. The van der Waals surface area contributed by atoms with E-state index >= 15 is 0 Å². The number of hydrogen-bond acceptors (Lipinski definition) is 8. The predicted molar refractivity (Wildman–Crippen MR) is 168 cm³/mol. The van der Waals surface area contributed by atoms with Gasteiger partial charge in [-0.2, -0.15) is 0 Å². The average molecular weight is 558 g/mol. The van der Waals surface area contributed by atoms with Crippen molar-refractivity contribution < 1.29 is 9.90 Å². The number of aryl methyl sites for hydroxylation is 3. The van der Waals surface area contributed by atoms with Crippen molar-refractivity contribution >= 4 is 35.0 Å². The van der Waals surface area contributed by atoms with E-state index in [1.807, 2.05) is 13.1 Å². The Hall–Kier alpha value is -4.08. The molecule has 0 aliphatic rings. The fraction of sp³-hybridized carbons (Fsp3) is 0.375. The van der Waals surface area contributed by atoms with Crippen molar-refractivity contribution in [2.45, 2.75) is 65.6 Å². The van der Waals surface area contributed by atoms with E-state index in [0.717, 1.165) is 29.1 Å². The highest BCUT2D eigenvalue weighted by molar-refractivity contribution is 6.10. The number of rotatable bonds is 15. The van der Waals surface area contributed by atoms with E-state index in [-0.39, 0.29) is 11.9 Å². The number of aromatic nitrogens is 2. The molecule has 0 aliphatic heterocycles. The van der Waals surface area contributed by atoms with E-state index in [1.54, 1.807) is 25.2 Å². The van der Waals surface area contributed by atoms with Gasteiger partial charge in [0.2, 0.25) is 5.95 Å². The second kappa shape index (κ2) is 15.1. The van der Waals surface area contributed by atoms with Gasteiger partial charge in [-0.3, -0.25) is 4.79 Å². The summed E-state index contributed by atoms with van der Waals surface area (Å²) in [5, 5.41) is 31.0. The Kier molecular flexibility index (Phi) is 11.6. The molecule has 6 N–H and O–H groups in total. The van der Waals surface area contributed by atoms with E-state index in [1.165, 1.54) is 17.3 Å². The second-order valence-electron chi connectivity index (χ2n) is 10.2. The minimum atomic E-state index is -0.569. The van der Waals surface area contributed by atoms with Crippen LogP contribution < -0.4 is 21.3 Å². The maximum atomic E-state index is 12.9. The fourth-order valence-electron chi connectivity index (χ4n) is 4.78. The van der Waals surface area contributed by atoms with Gasteiger partial charge in [0.1, 0.15) is 0 Å². The molecule has 0 spiro atoms. The highest BCUT2D eigenvalue weighted by Gasteiger charge is 2.19. The van der Waals surface area contributed by atoms with Crippen molar-refractivity contribution in [3.8, 4) is 0 Å². The standard InChI is InChI=1S/C32H43N7O2/c1-7-27-24(19-37-32(39-27)38-25-14-20(3)13-21(4)15-25)18-36-29(30(40)8-2)11-12-35-31(41)23-9-10-28(34-6)26(16-23)22(5)17-33/h9-10,13-17,19,29-30,33-34,36,40H,5,7-8,11-12,18H2,1-4,6H3,(H,35,41)(H,37,38,39). The molecule has 0 bridgehead atoms. The maximum Gasteiger partial charge on any atom is 0.251 e. The number of nitrogens with zero attached hydrogens (tertiary/aromatic N) is 2. The smallest absolute Gasteiger partial charge is 0.251 e. The van der Waals surface area contributed by atoms with Crippen LogP contribution in [0.2, 0.25) is 0 Å². The van der Waals surface area contributed by atoms with Crippen LogP contribution in [0.15, 0.2) is 49.2 Å². The molecule has 0 saturated heterocycles. The number of nitrogens with one attached hydrogen (secondary N) is 5. The Labute approximate surface area is 243 Å². The summed E-state index contributed by atoms with van der Waals surface area (Å²) in [6.07, 6.45) is 4.31. The molecule has 0 fully saturated rings. The Morgan fingerprint density at radius 2 is 1.88 bits per heavy atom. The summed E-state index contributed by atoms with van der Waals surface area (Å²) >= 11 is 0. The number of aliphatic hydroxyl groups excluding tert-OH is 1. The van der Waals surface area contributed by atoms with E-state index in [0.29, 0.717) is 48.6 Å². The van der Waals surface area contributed by atoms with Gasteiger partial charge in [-0.15, -0.1) is 0 Å². The summed E-state index contributed by atoms with van der Waals surface area (Å²) in [5.41, 5.74) is 7.72. The van der Waals surface area contributed by atoms with E-state index in [9.17, 15) is 9.90 Å². The molecule has 0 saturated carbocycles. The quantitative estimate of drug-likeness (QED) is 0.142.